The van der Waals surface area contributed by atoms with Crippen molar-refractivity contribution in [3.05, 3.63) is 51.7 Å². The normalized spacial score (nSPS) is 11.2. The number of amides is 2. The largest absolute Gasteiger partial charge is 0.346 e. The molecule has 0 aliphatic heterocycles. The predicted molar refractivity (Wildman–Crippen MR) is 105 cm³/mol. The number of nitrogens with zero attached hydrogens (tertiary/aromatic N) is 1. The number of carbonyl (C=O) groups excluding carboxylic acids is 2. The Morgan fingerprint density at radius 2 is 1.85 bits per heavy atom. The average molecular weight is 410 g/mol. The van der Waals surface area contributed by atoms with Gasteiger partial charge in [-0.2, -0.15) is 11.3 Å². The summed E-state index contributed by atoms with van der Waals surface area (Å²) in [7, 11) is -2.14. The summed E-state index contributed by atoms with van der Waals surface area (Å²) in [4.78, 5) is 25.5. The van der Waals surface area contributed by atoms with Crippen LogP contribution in [0.25, 0.3) is 0 Å². The zero-order chi connectivity index (χ0) is 20.0. The highest BCUT2D eigenvalue weighted by atomic mass is 32.2. The van der Waals surface area contributed by atoms with Crippen LogP contribution in [0.2, 0.25) is 0 Å². The summed E-state index contributed by atoms with van der Waals surface area (Å²) in [6.07, 6.45) is 0. The second kappa shape index (κ2) is 9.12. The van der Waals surface area contributed by atoms with Gasteiger partial charge in [-0.3, -0.25) is 9.59 Å². The Morgan fingerprint density at radius 1 is 1.11 bits per heavy atom. The Balaban J connectivity index is 1.81. The Morgan fingerprint density at radius 3 is 2.48 bits per heavy atom. The number of thiophene rings is 1. The third kappa shape index (κ3) is 6.16. The molecule has 0 unspecified atom stereocenters. The van der Waals surface area contributed by atoms with Gasteiger partial charge in [-0.1, -0.05) is 6.07 Å². The molecule has 2 aromatic rings. The van der Waals surface area contributed by atoms with E-state index in [2.05, 4.69) is 10.0 Å². The number of carbonyl (C=O) groups is 2. The molecule has 27 heavy (non-hydrogen) atoms. The first kappa shape index (κ1) is 21.1. The summed E-state index contributed by atoms with van der Waals surface area (Å²) < 4.78 is 26.8. The van der Waals surface area contributed by atoms with Gasteiger partial charge in [-0.15, -0.1) is 0 Å². The molecule has 0 radical (unpaired) electrons. The van der Waals surface area contributed by atoms with Gasteiger partial charge in [-0.25, -0.2) is 13.1 Å². The predicted octanol–water partition coefficient (Wildman–Crippen LogP) is 1.42. The van der Waals surface area contributed by atoms with Crippen molar-refractivity contribution in [3.63, 3.8) is 0 Å². The first-order valence-corrected chi connectivity index (χ1v) is 10.7. The van der Waals surface area contributed by atoms with E-state index in [-0.39, 0.29) is 17.3 Å². The molecule has 0 aliphatic carbocycles. The van der Waals surface area contributed by atoms with Gasteiger partial charge in [0.1, 0.15) is 0 Å². The van der Waals surface area contributed by atoms with Gasteiger partial charge in [-0.05, 0) is 59.5 Å². The van der Waals surface area contributed by atoms with E-state index in [0.717, 1.165) is 16.7 Å². The molecule has 0 spiro atoms. The summed E-state index contributed by atoms with van der Waals surface area (Å²) in [5.74, 6) is -0.828. The molecule has 0 atom stereocenters. The van der Waals surface area contributed by atoms with Crippen molar-refractivity contribution < 1.29 is 18.0 Å². The lowest BCUT2D eigenvalue weighted by molar-refractivity contribution is -0.132. The fraction of sp³-hybridized carbons (Fsp3) is 0.333. The van der Waals surface area contributed by atoms with E-state index in [0.29, 0.717) is 6.54 Å². The van der Waals surface area contributed by atoms with Crippen molar-refractivity contribution in [2.24, 2.45) is 0 Å². The summed E-state index contributed by atoms with van der Waals surface area (Å²) >= 11 is 1.55. The zero-order valence-electron chi connectivity index (χ0n) is 15.5. The summed E-state index contributed by atoms with van der Waals surface area (Å²) in [5, 5.41) is 6.31. The molecule has 2 N–H and O–H groups in total. The zero-order valence-corrected chi connectivity index (χ0v) is 17.1. The van der Waals surface area contributed by atoms with Gasteiger partial charge in [0.2, 0.25) is 21.8 Å². The average Bonchev–Trinajstić information content (AvgIpc) is 3.13. The van der Waals surface area contributed by atoms with Gasteiger partial charge >= 0.3 is 0 Å². The molecule has 9 heteroatoms. The molecular formula is C18H23N3O4S2. The number of hydrogen-bond acceptors (Lipinski definition) is 5. The summed E-state index contributed by atoms with van der Waals surface area (Å²) in [6.45, 7) is 3.54. The third-order valence-corrected chi connectivity index (χ3v) is 6.20. The van der Waals surface area contributed by atoms with Crippen LogP contribution in [0.1, 0.15) is 16.7 Å². The van der Waals surface area contributed by atoms with Crippen LogP contribution in [0.5, 0.6) is 0 Å². The number of nitrogens with one attached hydrogen (secondary N) is 2. The maximum Gasteiger partial charge on any atom is 0.242 e. The Hall–Kier alpha value is -2.23. The van der Waals surface area contributed by atoms with E-state index in [9.17, 15) is 18.0 Å². The minimum atomic E-state index is -3.79. The summed E-state index contributed by atoms with van der Waals surface area (Å²) in [6, 6.07) is 6.69. The van der Waals surface area contributed by atoms with Crippen LogP contribution in [-0.2, 0) is 26.2 Å². The first-order chi connectivity index (χ1) is 12.7. The van der Waals surface area contributed by atoms with Crippen LogP contribution in [0.3, 0.4) is 0 Å². The van der Waals surface area contributed by atoms with Gasteiger partial charge in [0.15, 0.2) is 0 Å². The highest BCUT2D eigenvalue weighted by Crippen LogP contribution is 2.14. The van der Waals surface area contributed by atoms with Crippen molar-refractivity contribution in [2.45, 2.75) is 25.3 Å². The van der Waals surface area contributed by atoms with E-state index < -0.39 is 22.5 Å². The highest BCUT2D eigenvalue weighted by Gasteiger charge is 2.17. The number of rotatable bonds is 8. The molecule has 2 rings (SSSR count). The van der Waals surface area contributed by atoms with E-state index >= 15 is 0 Å². The highest BCUT2D eigenvalue weighted by molar-refractivity contribution is 7.89. The molecule has 0 saturated heterocycles. The molecule has 1 heterocycles. The Kier molecular flexibility index (Phi) is 7.11. The minimum Gasteiger partial charge on any atom is -0.346 e. The maximum absolute atomic E-state index is 12.3. The van der Waals surface area contributed by atoms with Crippen molar-refractivity contribution in [1.29, 1.82) is 0 Å². The van der Waals surface area contributed by atoms with Gasteiger partial charge in [0, 0.05) is 13.6 Å². The molecular weight excluding hydrogens is 386 g/mol. The fourth-order valence-corrected chi connectivity index (χ4v) is 3.97. The quantitative estimate of drug-likeness (QED) is 0.689. The van der Waals surface area contributed by atoms with Crippen LogP contribution in [0, 0.1) is 13.8 Å². The Bertz CT molecular complexity index is 909. The van der Waals surface area contributed by atoms with Gasteiger partial charge in [0.25, 0.3) is 0 Å². The lowest BCUT2D eigenvalue weighted by Crippen LogP contribution is -2.42. The smallest absolute Gasteiger partial charge is 0.242 e. The molecule has 146 valence electrons. The van der Waals surface area contributed by atoms with E-state index in [4.69, 9.17) is 0 Å². The molecule has 0 fully saturated rings. The molecule has 1 aromatic carbocycles. The van der Waals surface area contributed by atoms with Crippen LogP contribution >= 0.6 is 11.3 Å². The fourth-order valence-electron chi connectivity index (χ4n) is 2.24. The van der Waals surface area contributed by atoms with Crippen molar-refractivity contribution in [1.82, 2.24) is 14.9 Å². The number of likely N-dealkylation sites (N-methyl/N-ethyl adjacent to an activating group) is 1. The lowest BCUT2D eigenvalue weighted by atomic mass is 10.1. The molecule has 1 aromatic heterocycles. The topological polar surface area (TPSA) is 95.6 Å². The van der Waals surface area contributed by atoms with Crippen LogP contribution < -0.4 is 10.0 Å². The van der Waals surface area contributed by atoms with E-state index in [1.54, 1.807) is 30.5 Å². The standard InChI is InChI=1S/C18H23N3O4S2/c1-13-4-5-16(8-14(13)2)27(24,25)20-9-17(22)19-10-18(23)21(3)11-15-6-7-26-12-15/h4-8,12,20H,9-11H2,1-3H3,(H,19,22). The summed E-state index contributed by atoms with van der Waals surface area (Å²) in [5.41, 5.74) is 2.85. The molecule has 0 saturated carbocycles. The molecule has 0 aliphatic rings. The monoisotopic (exact) mass is 409 g/mol. The van der Waals surface area contributed by atoms with Crippen molar-refractivity contribution in [3.8, 4) is 0 Å². The number of benzene rings is 1. The number of hydrogen-bond donors (Lipinski definition) is 2. The molecule has 7 nitrogen and oxygen atoms in total. The van der Waals surface area contributed by atoms with Crippen LogP contribution in [-0.4, -0.2) is 45.3 Å². The van der Waals surface area contributed by atoms with Gasteiger partial charge < -0.3 is 10.2 Å². The molecule has 2 amide bonds. The second-order valence-electron chi connectivity index (χ2n) is 6.23. The molecule has 0 bridgehead atoms. The van der Waals surface area contributed by atoms with Gasteiger partial charge in [0.05, 0.1) is 18.0 Å². The SMILES string of the molecule is Cc1ccc(S(=O)(=O)NCC(=O)NCC(=O)N(C)Cc2ccsc2)cc1C. The lowest BCUT2D eigenvalue weighted by Gasteiger charge is -2.17. The second-order valence-corrected chi connectivity index (χ2v) is 8.78. The number of sulfonamides is 1. The minimum absolute atomic E-state index is 0.102. The Labute approximate surface area is 163 Å². The van der Waals surface area contributed by atoms with Crippen LogP contribution in [0.4, 0.5) is 0 Å². The van der Waals surface area contributed by atoms with Crippen molar-refractivity contribution >= 4 is 33.2 Å². The van der Waals surface area contributed by atoms with Crippen LogP contribution in [0.15, 0.2) is 39.9 Å². The first-order valence-electron chi connectivity index (χ1n) is 8.27. The van der Waals surface area contributed by atoms with Crippen molar-refractivity contribution in [2.75, 3.05) is 20.1 Å². The third-order valence-electron chi connectivity index (χ3n) is 4.07. The maximum atomic E-state index is 12.3. The number of aryl methyl sites for hydroxylation is 2. The van der Waals surface area contributed by atoms with E-state index in [1.807, 2.05) is 30.7 Å². The van der Waals surface area contributed by atoms with E-state index in [1.165, 1.54) is 11.0 Å².